The molecule has 0 unspecified atom stereocenters. The second-order valence-electron chi connectivity index (χ2n) is 1.50. The van der Waals surface area contributed by atoms with E-state index in [-0.39, 0.29) is 5.82 Å². The Morgan fingerprint density at radius 3 is 2.70 bits per heavy atom. The molecule has 1 heterocycles. The Labute approximate surface area is 59.2 Å². The highest BCUT2D eigenvalue weighted by atomic mass is 32.2. The van der Waals surface area contributed by atoms with Gasteiger partial charge in [-0.25, -0.2) is 4.98 Å². The fraction of sp³-hybridized carbons (Fsp3) is 0. The maximum atomic E-state index is 9.96. The minimum Gasteiger partial charge on any atom is -0.236 e. The van der Waals surface area contributed by atoms with Crippen LogP contribution >= 0.6 is 0 Å². The Bertz CT molecular complexity index is 322. The van der Waals surface area contributed by atoms with Gasteiger partial charge in [0.05, 0.1) is 0 Å². The molecule has 0 bridgehead atoms. The summed E-state index contributed by atoms with van der Waals surface area (Å²) in [6.45, 7) is 0. The Morgan fingerprint density at radius 2 is 2.20 bits per heavy atom. The molecule has 0 atom stereocenters. The number of aromatic nitrogens is 1. The molecule has 0 radical (unpaired) electrons. The van der Waals surface area contributed by atoms with Crippen LogP contribution in [0.5, 0.6) is 0 Å². The molecule has 10 heavy (non-hydrogen) atoms. The lowest BCUT2D eigenvalue weighted by molar-refractivity contribution is 0.622. The van der Waals surface area contributed by atoms with E-state index in [2.05, 4.69) is 9.35 Å². The van der Waals surface area contributed by atoms with Crippen molar-refractivity contribution in [1.82, 2.24) is 4.98 Å². The molecule has 0 saturated carbocycles. The summed E-state index contributed by atoms with van der Waals surface area (Å²) < 4.78 is 23.1. The summed E-state index contributed by atoms with van der Waals surface area (Å²) in [5.74, 6) is 0.204. The Morgan fingerprint density at radius 1 is 1.40 bits per heavy atom. The van der Waals surface area contributed by atoms with Gasteiger partial charge in [-0.15, -0.1) is 4.36 Å². The molecule has 1 rings (SSSR count). The molecule has 0 fully saturated rings. The third-order valence-corrected chi connectivity index (χ3v) is 1.15. The van der Waals surface area contributed by atoms with Crippen LogP contribution in [-0.4, -0.2) is 13.4 Å². The Balaban J connectivity index is 3.10. The van der Waals surface area contributed by atoms with Gasteiger partial charge in [-0.2, -0.15) is 8.42 Å². The van der Waals surface area contributed by atoms with E-state index in [1.807, 2.05) is 0 Å². The van der Waals surface area contributed by atoms with Crippen LogP contribution in [0.2, 0.25) is 0 Å². The van der Waals surface area contributed by atoms with Crippen molar-refractivity contribution in [3.8, 4) is 0 Å². The van der Waals surface area contributed by atoms with Crippen molar-refractivity contribution in [3.63, 3.8) is 0 Å². The molecule has 4 nitrogen and oxygen atoms in total. The highest BCUT2D eigenvalue weighted by Gasteiger charge is 1.84. The van der Waals surface area contributed by atoms with E-state index in [0.717, 1.165) is 0 Å². The van der Waals surface area contributed by atoms with E-state index < -0.39 is 10.5 Å². The first-order valence-electron chi connectivity index (χ1n) is 2.51. The van der Waals surface area contributed by atoms with Gasteiger partial charge >= 0.3 is 10.5 Å². The SMILES string of the molecule is O=S(=O)=Nc1ccccn1. The van der Waals surface area contributed by atoms with E-state index in [0.29, 0.717) is 0 Å². The van der Waals surface area contributed by atoms with Crippen LogP contribution in [0.4, 0.5) is 5.82 Å². The van der Waals surface area contributed by atoms with Crippen molar-refractivity contribution in [1.29, 1.82) is 0 Å². The molecule has 1 aromatic rings. The molecule has 0 N–H and O–H groups in total. The van der Waals surface area contributed by atoms with E-state index in [1.54, 1.807) is 12.1 Å². The lowest BCUT2D eigenvalue weighted by Gasteiger charge is -1.82. The number of pyridine rings is 1. The Hall–Kier alpha value is -1.23. The predicted molar refractivity (Wildman–Crippen MR) is 35.2 cm³/mol. The van der Waals surface area contributed by atoms with Crippen molar-refractivity contribution < 1.29 is 8.42 Å². The molecule has 52 valence electrons. The lowest BCUT2D eigenvalue weighted by atomic mass is 10.5. The van der Waals surface area contributed by atoms with E-state index in [4.69, 9.17) is 0 Å². The normalized spacial score (nSPS) is 8.80. The van der Waals surface area contributed by atoms with Crippen molar-refractivity contribution in [2.75, 3.05) is 0 Å². The third kappa shape index (κ3) is 1.94. The minimum atomic E-state index is -2.40. The van der Waals surface area contributed by atoms with E-state index in [1.165, 1.54) is 12.3 Å². The van der Waals surface area contributed by atoms with Gasteiger partial charge in [-0.3, -0.25) is 0 Å². The average Bonchev–Trinajstić information content (AvgIpc) is 1.88. The van der Waals surface area contributed by atoms with Crippen LogP contribution < -0.4 is 0 Å². The average molecular weight is 156 g/mol. The van der Waals surface area contributed by atoms with Crippen LogP contribution in [0, 0.1) is 0 Å². The molecule has 5 heteroatoms. The summed E-state index contributed by atoms with van der Waals surface area (Å²) >= 11 is 0. The van der Waals surface area contributed by atoms with Crippen LogP contribution in [0.1, 0.15) is 0 Å². The molecule has 0 aliphatic heterocycles. The zero-order valence-corrected chi connectivity index (χ0v) is 5.75. The maximum absolute atomic E-state index is 9.96. The molecule has 1 aromatic heterocycles. The summed E-state index contributed by atoms with van der Waals surface area (Å²) in [6, 6.07) is 4.86. The monoisotopic (exact) mass is 156 g/mol. The third-order valence-electron chi connectivity index (χ3n) is 0.817. The Kier molecular flexibility index (Phi) is 2.11. The first-order valence-corrected chi connectivity index (χ1v) is 3.54. The van der Waals surface area contributed by atoms with Crippen molar-refractivity contribution in [2.24, 2.45) is 4.36 Å². The zero-order chi connectivity index (χ0) is 7.40. The summed E-state index contributed by atoms with van der Waals surface area (Å²) in [5, 5.41) is 0. The standard InChI is InChI=1S/C5H4N2O2S/c8-10(9)7-5-3-1-2-4-6-5/h1-4H. The van der Waals surface area contributed by atoms with Crippen LogP contribution in [-0.2, 0) is 10.5 Å². The van der Waals surface area contributed by atoms with Gasteiger partial charge in [0, 0.05) is 6.20 Å². The summed E-state index contributed by atoms with van der Waals surface area (Å²) in [5.41, 5.74) is 0. The van der Waals surface area contributed by atoms with Gasteiger partial charge in [0.2, 0.25) is 0 Å². The van der Waals surface area contributed by atoms with Crippen molar-refractivity contribution in [2.45, 2.75) is 0 Å². The smallest absolute Gasteiger partial charge is 0.236 e. The topological polar surface area (TPSA) is 59.4 Å². The number of rotatable bonds is 1. The number of hydrogen-bond donors (Lipinski definition) is 0. The number of nitrogens with zero attached hydrogens (tertiary/aromatic N) is 2. The molecular weight excluding hydrogens is 152 g/mol. The first-order chi connectivity index (χ1) is 4.79. The second-order valence-corrected chi connectivity index (χ2v) is 2.11. The summed E-state index contributed by atoms with van der Waals surface area (Å²) in [4.78, 5) is 3.66. The summed E-state index contributed by atoms with van der Waals surface area (Å²) in [6.07, 6.45) is 1.48. The van der Waals surface area contributed by atoms with Crippen molar-refractivity contribution in [3.05, 3.63) is 24.4 Å². The molecule has 0 aliphatic rings. The highest BCUT2D eigenvalue weighted by molar-refractivity contribution is 7.61. The molecule has 0 aromatic carbocycles. The van der Waals surface area contributed by atoms with Crippen LogP contribution in [0.25, 0.3) is 0 Å². The lowest BCUT2D eigenvalue weighted by Crippen LogP contribution is -1.68. The van der Waals surface area contributed by atoms with Gasteiger partial charge < -0.3 is 0 Å². The van der Waals surface area contributed by atoms with Gasteiger partial charge in [0.25, 0.3) is 0 Å². The van der Waals surface area contributed by atoms with E-state index in [9.17, 15) is 8.42 Å². The fourth-order valence-electron chi connectivity index (χ4n) is 0.484. The minimum absolute atomic E-state index is 0.204. The van der Waals surface area contributed by atoms with Gasteiger partial charge in [-0.1, -0.05) is 6.07 Å². The second kappa shape index (κ2) is 3.07. The maximum Gasteiger partial charge on any atom is 0.317 e. The highest BCUT2D eigenvalue weighted by Crippen LogP contribution is 2.02. The quantitative estimate of drug-likeness (QED) is 0.603. The molecule has 0 amide bonds. The van der Waals surface area contributed by atoms with Gasteiger partial charge in [0.1, 0.15) is 0 Å². The summed E-state index contributed by atoms with van der Waals surface area (Å²) in [7, 11) is -2.40. The van der Waals surface area contributed by atoms with E-state index >= 15 is 0 Å². The molecule has 0 spiro atoms. The van der Waals surface area contributed by atoms with Gasteiger partial charge in [0.15, 0.2) is 5.82 Å². The first kappa shape index (κ1) is 6.88. The molecule has 0 aliphatic carbocycles. The van der Waals surface area contributed by atoms with Crippen LogP contribution in [0.3, 0.4) is 0 Å². The van der Waals surface area contributed by atoms with Crippen LogP contribution in [0.15, 0.2) is 28.8 Å². The molecule has 0 saturated heterocycles. The fourth-order valence-corrected chi connectivity index (χ4v) is 0.745. The van der Waals surface area contributed by atoms with Crippen molar-refractivity contribution >= 4 is 16.3 Å². The molecular formula is C5H4N2O2S. The zero-order valence-electron chi connectivity index (χ0n) is 4.93. The number of hydrogen-bond acceptors (Lipinski definition) is 4. The van der Waals surface area contributed by atoms with Gasteiger partial charge in [-0.05, 0) is 12.1 Å². The predicted octanol–water partition coefficient (Wildman–Crippen LogP) is 0.776. The largest absolute Gasteiger partial charge is 0.317 e.